The third kappa shape index (κ3) is 6.45. The van der Waals surface area contributed by atoms with E-state index in [9.17, 15) is 4.79 Å². The molecule has 1 aliphatic rings. The monoisotopic (exact) mass is 415 g/mol. The molecule has 0 spiro atoms. The lowest BCUT2D eigenvalue weighted by molar-refractivity contribution is -0.123. The summed E-state index contributed by atoms with van der Waals surface area (Å²) in [6.07, 6.45) is 2.63. The summed E-state index contributed by atoms with van der Waals surface area (Å²) in [5.74, 6) is 2.38. The molecule has 0 saturated carbocycles. The fourth-order valence-electron chi connectivity index (χ4n) is 3.43. The average Bonchev–Trinajstić information content (AvgIpc) is 2.65. The second kappa shape index (κ2) is 10.1. The van der Waals surface area contributed by atoms with Gasteiger partial charge in [0.25, 0.3) is 6.47 Å². The molecule has 0 saturated heterocycles. The predicted octanol–water partition coefficient (Wildman–Crippen LogP) is 3.44. The summed E-state index contributed by atoms with van der Waals surface area (Å²) in [6, 6.07) is 7.65. The van der Waals surface area contributed by atoms with Crippen LogP contribution in [0, 0.1) is 5.92 Å². The molecule has 1 aliphatic heterocycles. The van der Waals surface area contributed by atoms with Crippen molar-refractivity contribution in [2.45, 2.75) is 46.3 Å². The molecule has 0 fully saturated rings. The highest BCUT2D eigenvalue weighted by atomic mass is 16.5. The lowest BCUT2D eigenvalue weighted by Gasteiger charge is -2.27. The van der Waals surface area contributed by atoms with Crippen molar-refractivity contribution >= 4 is 18.2 Å². The Morgan fingerprint density at radius 1 is 1.40 bits per heavy atom. The van der Waals surface area contributed by atoms with E-state index in [2.05, 4.69) is 24.1 Å². The number of benzene rings is 1. The standard InChI is InChI=1S/C21H27N3O3.CH2O2/c1-13(2)9-21(4,22)12-27-16-5-6-17-18-8-20(24-14(3)25)23-10-15(18)11-26-19(17)7-16;2-1-3/h5-8,10,13H,9,11-12,22H2,1-4H3,(H,23,24,25);1H,(H,2,3). The Labute approximate surface area is 176 Å². The number of anilines is 1. The maximum absolute atomic E-state index is 11.3. The SMILES string of the molecule is CC(=O)Nc1cc2c(cn1)COc1cc(OCC(C)(N)CC(C)C)ccc1-2.O=CO. The van der Waals surface area contributed by atoms with E-state index >= 15 is 0 Å². The Morgan fingerprint density at radius 3 is 2.73 bits per heavy atom. The number of fused-ring (bicyclic) bond motifs is 3. The van der Waals surface area contributed by atoms with Gasteiger partial charge in [-0.25, -0.2) is 4.98 Å². The smallest absolute Gasteiger partial charge is 0.290 e. The first kappa shape index (κ1) is 23.2. The van der Waals surface area contributed by atoms with Crippen molar-refractivity contribution in [3.05, 3.63) is 36.0 Å². The van der Waals surface area contributed by atoms with E-state index in [-0.39, 0.29) is 17.9 Å². The van der Waals surface area contributed by atoms with Crippen molar-refractivity contribution in [2.24, 2.45) is 11.7 Å². The van der Waals surface area contributed by atoms with Crippen LogP contribution in [0.4, 0.5) is 5.82 Å². The van der Waals surface area contributed by atoms with Gasteiger partial charge >= 0.3 is 0 Å². The summed E-state index contributed by atoms with van der Waals surface area (Å²) in [5.41, 5.74) is 8.89. The van der Waals surface area contributed by atoms with Crippen LogP contribution in [0.5, 0.6) is 11.5 Å². The quantitative estimate of drug-likeness (QED) is 0.617. The third-order valence-electron chi connectivity index (χ3n) is 4.36. The molecule has 3 rings (SSSR count). The number of aromatic nitrogens is 1. The Hall–Kier alpha value is -3.13. The summed E-state index contributed by atoms with van der Waals surface area (Å²) in [7, 11) is 0. The van der Waals surface area contributed by atoms with E-state index in [4.69, 9.17) is 25.1 Å². The van der Waals surface area contributed by atoms with Gasteiger partial charge < -0.3 is 25.6 Å². The highest BCUT2D eigenvalue weighted by molar-refractivity contribution is 5.89. The minimum absolute atomic E-state index is 0.148. The zero-order valence-corrected chi connectivity index (χ0v) is 17.8. The Kier molecular flexibility index (Phi) is 7.77. The van der Waals surface area contributed by atoms with Crippen LogP contribution < -0.4 is 20.5 Å². The van der Waals surface area contributed by atoms with Crippen LogP contribution in [0.3, 0.4) is 0 Å². The Balaban J connectivity index is 0.00000101. The van der Waals surface area contributed by atoms with Crippen LogP contribution in [-0.2, 0) is 16.2 Å². The number of rotatable bonds is 6. The Morgan fingerprint density at radius 2 is 2.10 bits per heavy atom. The first-order valence-electron chi connectivity index (χ1n) is 9.68. The average molecular weight is 415 g/mol. The molecule has 4 N–H and O–H groups in total. The number of nitrogens with two attached hydrogens (primary N) is 1. The van der Waals surface area contributed by atoms with Crippen LogP contribution in [0.15, 0.2) is 30.5 Å². The minimum Gasteiger partial charge on any atom is -0.492 e. The number of nitrogens with zero attached hydrogens (tertiary/aromatic N) is 1. The minimum atomic E-state index is -0.379. The molecule has 8 nitrogen and oxygen atoms in total. The third-order valence-corrected chi connectivity index (χ3v) is 4.36. The van der Waals surface area contributed by atoms with E-state index in [0.717, 1.165) is 34.6 Å². The molecule has 0 radical (unpaired) electrons. The molecular formula is C22H29N3O5. The van der Waals surface area contributed by atoms with Gasteiger partial charge in [0.15, 0.2) is 0 Å². The van der Waals surface area contributed by atoms with Crippen molar-refractivity contribution in [3.63, 3.8) is 0 Å². The maximum atomic E-state index is 11.3. The van der Waals surface area contributed by atoms with E-state index in [0.29, 0.717) is 24.9 Å². The van der Waals surface area contributed by atoms with Crippen molar-refractivity contribution in [2.75, 3.05) is 11.9 Å². The van der Waals surface area contributed by atoms with Gasteiger partial charge in [0, 0.05) is 35.9 Å². The first-order valence-corrected chi connectivity index (χ1v) is 9.68. The highest BCUT2D eigenvalue weighted by Crippen LogP contribution is 2.40. The number of amides is 1. The molecule has 162 valence electrons. The zero-order valence-electron chi connectivity index (χ0n) is 17.8. The molecular weight excluding hydrogens is 386 g/mol. The van der Waals surface area contributed by atoms with Crippen molar-refractivity contribution in [1.82, 2.24) is 4.98 Å². The van der Waals surface area contributed by atoms with Gasteiger partial charge in [0.2, 0.25) is 5.91 Å². The second-order valence-corrected chi connectivity index (χ2v) is 8.00. The van der Waals surface area contributed by atoms with E-state index in [1.165, 1.54) is 6.92 Å². The molecule has 2 aromatic rings. The van der Waals surface area contributed by atoms with E-state index in [1.807, 2.05) is 31.2 Å². The van der Waals surface area contributed by atoms with Crippen LogP contribution in [0.2, 0.25) is 0 Å². The summed E-state index contributed by atoms with van der Waals surface area (Å²) < 4.78 is 11.8. The van der Waals surface area contributed by atoms with Crippen LogP contribution in [0.25, 0.3) is 11.1 Å². The molecule has 1 amide bonds. The summed E-state index contributed by atoms with van der Waals surface area (Å²) in [4.78, 5) is 23.9. The topological polar surface area (TPSA) is 124 Å². The normalized spacial score (nSPS) is 13.5. The molecule has 2 heterocycles. The lowest BCUT2D eigenvalue weighted by atomic mass is 9.93. The Bertz CT molecular complexity index is 896. The van der Waals surface area contributed by atoms with Crippen molar-refractivity contribution in [1.29, 1.82) is 0 Å². The van der Waals surface area contributed by atoms with Gasteiger partial charge in [0.05, 0.1) is 0 Å². The van der Waals surface area contributed by atoms with Gasteiger partial charge in [-0.1, -0.05) is 13.8 Å². The zero-order chi connectivity index (χ0) is 22.3. The number of carboxylic acid groups (broad SMARTS) is 1. The number of pyridine rings is 1. The molecule has 1 aromatic carbocycles. The maximum Gasteiger partial charge on any atom is 0.290 e. The van der Waals surface area contributed by atoms with Gasteiger partial charge in [-0.2, -0.15) is 0 Å². The largest absolute Gasteiger partial charge is 0.492 e. The van der Waals surface area contributed by atoms with E-state index < -0.39 is 0 Å². The molecule has 8 heteroatoms. The number of carbonyl (C=O) groups excluding carboxylic acids is 1. The van der Waals surface area contributed by atoms with Crippen molar-refractivity contribution < 1.29 is 24.2 Å². The van der Waals surface area contributed by atoms with E-state index in [1.54, 1.807) is 6.20 Å². The molecule has 0 aliphatic carbocycles. The lowest BCUT2D eigenvalue weighted by Crippen LogP contribution is -2.43. The summed E-state index contributed by atoms with van der Waals surface area (Å²) in [6.45, 7) is 8.40. The molecule has 30 heavy (non-hydrogen) atoms. The van der Waals surface area contributed by atoms with Crippen LogP contribution in [0.1, 0.15) is 39.7 Å². The number of hydrogen-bond donors (Lipinski definition) is 3. The number of carbonyl (C=O) groups is 2. The van der Waals surface area contributed by atoms with Gasteiger partial charge in [-0.15, -0.1) is 0 Å². The highest BCUT2D eigenvalue weighted by Gasteiger charge is 2.23. The predicted molar refractivity (Wildman–Crippen MR) is 115 cm³/mol. The van der Waals surface area contributed by atoms with Gasteiger partial charge in [-0.05, 0) is 43.0 Å². The van der Waals surface area contributed by atoms with Crippen LogP contribution in [-0.4, -0.2) is 34.6 Å². The molecule has 1 aromatic heterocycles. The molecule has 0 bridgehead atoms. The summed E-state index contributed by atoms with van der Waals surface area (Å²) >= 11 is 0. The first-order chi connectivity index (χ1) is 14.1. The molecule has 1 unspecified atom stereocenters. The van der Waals surface area contributed by atoms with Gasteiger partial charge in [0.1, 0.15) is 30.5 Å². The fraction of sp³-hybridized carbons (Fsp3) is 0.409. The molecule has 1 atom stereocenters. The van der Waals surface area contributed by atoms with Gasteiger partial charge in [-0.3, -0.25) is 9.59 Å². The number of hydrogen-bond acceptors (Lipinski definition) is 6. The second-order valence-electron chi connectivity index (χ2n) is 8.00. The summed E-state index contributed by atoms with van der Waals surface area (Å²) in [5, 5.41) is 9.61. The van der Waals surface area contributed by atoms with Crippen LogP contribution >= 0.6 is 0 Å². The number of ether oxygens (including phenoxy) is 2. The fourth-order valence-corrected chi connectivity index (χ4v) is 3.43. The van der Waals surface area contributed by atoms with Crippen molar-refractivity contribution in [3.8, 4) is 22.6 Å². The number of nitrogens with one attached hydrogen (secondary N) is 1.